The van der Waals surface area contributed by atoms with E-state index in [1.807, 2.05) is 35.0 Å². The van der Waals surface area contributed by atoms with Crippen molar-refractivity contribution in [2.45, 2.75) is 50.6 Å². The van der Waals surface area contributed by atoms with Crippen LogP contribution in [0.15, 0.2) is 36.5 Å². The number of hydrogen-bond donors (Lipinski definition) is 2. The van der Waals surface area contributed by atoms with E-state index in [2.05, 4.69) is 22.7 Å². The lowest BCUT2D eigenvalue weighted by Gasteiger charge is -2.30. The minimum Gasteiger partial charge on any atom is -0.348 e. The number of aromatic nitrogens is 2. The Morgan fingerprint density at radius 3 is 2.68 bits per heavy atom. The molecule has 4 rings (SSSR count). The Bertz CT molecular complexity index is 726. The van der Waals surface area contributed by atoms with Crippen molar-refractivity contribution in [1.29, 1.82) is 0 Å². The Balaban J connectivity index is 0.00000182. The lowest BCUT2D eigenvalue weighted by Crippen LogP contribution is -2.52. The summed E-state index contributed by atoms with van der Waals surface area (Å²) in [5.74, 6) is 0.468. The molecule has 1 aliphatic carbocycles. The van der Waals surface area contributed by atoms with Crippen LogP contribution in [0.4, 0.5) is 0 Å². The number of hydrogen-bond acceptors (Lipinski definition) is 3. The highest BCUT2D eigenvalue weighted by atomic mass is 35.5. The van der Waals surface area contributed by atoms with Crippen LogP contribution < -0.4 is 10.6 Å². The number of carbonyl (C=O) groups is 1. The Hall–Kier alpha value is -1.85. The molecule has 0 bridgehead atoms. The molecule has 1 aliphatic heterocycles. The maximum atomic E-state index is 12.9. The van der Waals surface area contributed by atoms with Crippen LogP contribution in [0.5, 0.6) is 0 Å². The number of piperidine rings is 1. The Morgan fingerprint density at radius 1 is 1.24 bits per heavy atom. The van der Waals surface area contributed by atoms with E-state index < -0.39 is 0 Å². The lowest BCUT2D eigenvalue weighted by molar-refractivity contribution is 0.0919. The molecule has 5 nitrogen and oxygen atoms in total. The molecule has 2 fully saturated rings. The first-order valence-corrected chi connectivity index (χ1v) is 8.91. The van der Waals surface area contributed by atoms with Crippen LogP contribution in [-0.2, 0) is 0 Å². The fourth-order valence-electron chi connectivity index (χ4n) is 3.54. The van der Waals surface area contributed by atoms with Gasteiger partial charge >= 0.3 is 0 Å². The lowest BCUT2D eigenvalue weighted by atomic mass is 9.99. The number of rotatable bonds is 4. The third-order valence-electron chi connectivity index (χ3n) is 5.09. The van der Waals surface area contributed by atoms with Crippen LogP contribution in [0.2, 0.25) is 0 Å². The van der Waals surface area contributed by atoms with Gasteiger partial charge in [-0.3, -0.25) is 4.79 Å². The van der Waals surface area contributed by atoms with E-state index >= 15 is 0 Å². The molecule has 2 aliphatic rings. The van der Waals surface area contributed by atoms with Gasteiger partial charge in [-0.05, 0) is 51.3 Å². The van der Waals surface area contributed by atoms with Crippen molar-refractivity contribution >= 4 is 18.3 Å². The maximum absolute atomic E-state index is 12.9. The molecule has 1 aromatic carbocycles. The second kappa shape index (κ2) is 7.58. The van der Waals surface area contributed by atoms with E-state index in [1.165, 1.54) is 0 Å². The van der Waals surface area contributed by atoms with E-state index in [-0.39, 0.29) is 24.4 Å². The summed E-state index contributed by atoms with van der Waals surface area (Å²) in [6.45, 7) is 3.17. The molecule has 1 saturated carbocycles. The van der Waals surface area contributed by atoms with Gasteiger partial charge in [-0.15, -0.1) is 12.4 Å². The molecule has 2 heterocycles. The third kappa shape index (κ3) is 3.72. The smallest absolute Gasteiger partial charge is 0.255 e. The van der Waals surface area contributed by atoms with Gasteiger partial charge in [0.1, 0.15) is 0 Å². The largest absolute Gasteiger partial charge is 0.348 e. The molecule has 134 valence electrons. The standard InChI is InChI=1S/C19H24N4O.ClH/c1-13-17(8-5-11-20-13)22-19(24)16-12-21-23(18(16)14-9-10-14)15-6-3-2-4-7-15;/h2-4,6-7,12-14,17,20H,5,8-11H2,1H3,(H,22,24);1H. The van der Waals surface area contributed by atoms with Gasteiger partial charge in [0.15, 0.2) is 0 Å². The monoisotopic (exact) mass is 360 g/mol. The Kier molecular flexibility index (Phi) is 5.45. The molecule has 2 atom stereocenters. The molecule has 1 amide bonds. The first-order valence-electron chi connectivity index (χ1n) is 8.91. The summed E-state index contributed by atoms with van der Waals surface area (Å²) >= 11 is 0. The summed E-state index contributed by atoms with van der Waals surface area (Å²) < 4.78 is 1.94. The summed E-state index contributed by atoms with van der Waals surface area (Å²) in [5, 5.41) is 11.2. The van der Waals surface area contributed by atoms with E-state index in [9.17, 15) is 4.79 Å². The summed E-state index contributed by atoms with van der Waals surface area (Å²) in [5.41, 5.74) is 2.82. The van der Waals surface area contributed by atoms with Crippen molar-refractivity contribution in [1.82, 2.24) is 20.4 Å². The van der Waals surface area contributed by atoms with Crippen molar-refractivity contribution in [3.8, 4) is 5.69 Å². The SMILES string of the molecule is CC1NCCCC1NC(=O)c1cnn(-c2ccccc2)c1C1CC1.Cl. The predicted octanol–water partition coefficient (Wildman–Crippen LogP) is 3.04. The molecule has 25 heavy (non-hydrogen) atoms. The second-order valence-electron chi connectivity index (χ2n) is 6.93. The van der Waals surface area contributed by atoms with Crippen LogP contribution in [0, 0.1) is 0 Å². The van der Waals surface area contributed by atoms with Crippen molar-refractivity contribution in [2.24, 2.45) is 0 Å². The first-order chi connectivity index (χ1) is 11.7. The van der Waals surface area contributed by atoms with Crippen molar-refractivity contribution in [2.75, 3.05) is 6.54 Å². The van der Waals surface area contributed by atoms with Crippen LogP contribution in [-0.4, -0.2) is 34.3 Å². The highest BCUT2D eigenvalue weighted by molar-refractivity contribution is 5.95. The van der Waals surface area contributed by atoms with Crippen LogP contribution in [0.3, 0.4) is 0 Å². The van der Waals surface area contributed by atoms with Gasteiger partial charge in [0.25, 0.3) is 5.91 Å². The quantitative estimate of drug-likeness (QED) is 0.881. The van der Waals surface area contributed by atoms with Crippen LogP contribution in [0.25, 0.3) is 5.69 Å². The molecule has 2 aromatic rings. The van der Waals surface area contributed by atoms with Crippen LogP contribution >= 0.6 is 12.4 Å². The zero-order chi connectivity index (χ0) is 16.5. The van der Waals surface area contributed by atoms with Gasteiger partial charge in [-0.25, -0.2) is 4.68 Å². The van der Waals surface area contributed by atoms with Crippen molar-refractivity contribution in [3.63, 3.8) is 0 Å². The number of para-hydroxylation sites is 1. The van der Waals surface area contributed by atoms with E-state index in [1.54, 1.807) is 6.20 Å². The van der Waals surface area contributed by atoms with Gasteiger partial charge in [-0.2, -0.15) is 5.10 Å². The van der Waals surface area contributed by atoms with Crippen molar-refractivity contribution in [3.05, 3.63) is 47.8 Å². The normalized spacial score (nSPS) is 22.9. The number of carbonyl (C=O) groups excluding carboxylic acids is 1. The highest BCUT2D eigenvalue weighted by Gasteiger charge is 2.34. The Morgan fingerprint density at radius 2 is 2.00 bits per heavy atom. The summed E-state index contributed by atoms with van der Waals surface area (Å²) in [6.07, 6.45) is 6.15. The fraction of sp³-hybridized carbons (Fsp3) is 0.474. The van der Waals surface area contributed by atoms with E-state index in [4.69, 9.17) is 0 Å². The fourth-order valence-corrected chi connectivity index (χ4v) is 3.54. The molecule has 2 unspecified atom stereocenters. The minimum absolute atomic E-state index is 0. The summed E-state index contributed by atoms with van der Waals surface area (Å²) in [7, 11) is 0. The average molecular weight is 361 g/mol. The van der Waals surface area contributed by atoms with E-state index in [0.717, 1.165) is 49.2 Å². The second-order valence-corrected chi connectivity index (χ2v) is 6.93. The van der Waals surface area contributed by atoms with Gasteiger partial charge in [0, 0.05) is 18.0 Å². The molecule has 6 heteroatoms. The van der Waals surface area contributed by atoms with Gasteiger partial charge in [0.2, 0.25) is 0 Å². The number of halogens is 1. The van der Waals surface area contributed by atoms with Crippen LogP contribution in [0.1, 0.15) is 54.6 Å². The maximum Gasteiger partial charge on any atom is 0.255 e. The predicted molar refractivity (Wildman–Crippen MR) is 101 cm³/mol. The molecular weight excluding hydrogens is 336 g/mol. The third-order valence-corrected chi connectivity index (χ3v) is 5.09. The highest BCUT2D eigenvalue weighted by Crippen LogP contribution is 2.42. The molecule has 1 aromatic heterocycles. The van der Waals surface area contributed by atoms with Gasteiger partial charge in [-0.1, -0.05) is 18.2 Å². The molecule has 2 N–H and O–H groups in total. The molecule has 0 spiro atoms. The summed E-state index contributed by atoms with van der Waals surface area (Å²) in [4.78, 5) is 12.9. The minimum atomic E-state index is 0. The number of amides is 1. The first kappa shape index (κ1) is 18.0. The summed E-state index contributed by atoms with van der Waals surface area (Å²) in [6, 6.07) is 10.6. The number of nitrogens with zero attached hydrogens (tertiary/aromatic N) is 2. The topological polar surface area (TPSA) is 58.9 Å². The average Bonchev–Trinajstić information content (AvgIpc) is 3.35. The number of nitrogens with one attached hydrogen (secondary N) is 2. The zero-order valence-corrected chi connectivity index (χ0v) is 15.3. The molecule has 1 saturated heterocycles. The van der Waals surface area contributed by atoms with E-state index in [0.29, 0.717) is 12.0 Å². The van der Waals surface area contributed by atoms with Crippen molar-refractivity contribution < 1.29 is 4.79 Å². The number of benzene rings is 1. The Labute approximate surface area is 154 Å². The van der Waals surface area contributed by atoms with Gasteiger partial charge in [0.05, 0.1) is 23.1 Å². The molecular formula is C19H25ClN4O. The van der Waals surface area contributed by atoms with Gasteiger partial charge < -0.3 is 10.6 Å². The zero-order valence-electron chi connectivity index (χ0n) is 14.4. The molecule has 0 radical (unpaired) electrons.